The Kier molecular flexibility index (Phi) is 4.51. The van der Waals surface area contributed by atoms with Crippen LogP contribution in [0.3, 0.4) is 0 Å². The van der Waals surface area contributed by atoms with Crippen LogP contribution in [0.5, 0.6) is 11.5 Å². The standard InChI is InChI=1S/C14H16BrNO2/c1-3-5-11(4-2)16-8-10-6-12(15)14-13(7-10)17-9-18-14/h1,6-7,11,16H,4-5,8-9H2,2H3. The summed E-state index contributed by atoms with van der Waals surface area (Å²) < 4.78 is 11.7. The summed E-state index contributed by atoms with van der Waals surface area (Å²) in [6.45, 7) is 3.19. The summed E-state index contributed by atoms with van der Waals surface area (Å²) in [5.41, 5.74) is 1.15. The van der Waals surface area contributed by atoms with Crippen molar-refractivity contribution in [2.24, 2.45) is 0 Å². The van der Waals surface area contributed by atoms with Crippen LogP contribution in [0.2, 0.25) is 0 Å². The number of hydrogen-bond acceptors (Lipinski definition) is 3. The topological polar surface area (TPSA) is 30.5 Å². The molecule has 1 aromatic carbocycles. The Labute approximate surface area is 116 Å². The van der Waals surface area contributed by atoms with Crippen molar-refractivity contribution in [1.29, 1.82) is 0 Å². The Balaban J connectivity index is 2.02. The molecule has 1 N–H and O–H groups in total. The van der Waals surface area contributed by atoms with E-state index in [1.165, 1.54) is 0 Å². The molecule has 1 atom stereocenters. The van der Waals surface area contributed by atoms with E-state index in [9.17, 15) is 0 Å². The Morgan fingerprint density at radius 1 is 1.50 bits per heavy atom. The first-order valence-electron chi connectivity index (χ1n) is 5.99. The van der Waals surface area contributed by atoms with E-state index in [4.69, 9.17) is 15.9 Å². The maximum absolute atomic E-state index is 5.39. The van der Waals surface area contributed by atoms with Gasteiger partial charge in [-0.1, -0.05) is 6.92 Å². The number of ether oxygens (including phenoxy) is 2. The quantitative estimate of drug-likeness (QED) is 0.848. The van der Waals surface area contributed by atoms with E-state index in [1.807, 2.05) is 12.1 Å². The molecule has 1 aromatic rings. The summed E-state index contributed by atoms with van der Waals surface area (Å²) in [7, 11) is 0. The Hall–Kier alpha value is -1.18. The molecule has 0 bridgehead atoms. The minimum atomic E-state index is 0.291. The fraction of sp³-hybridized carbons (Fsp3) is 0.429. The van der Waals surface area contributed by atoms with Gasteiger partial charge in [-0.2, -0.15) is 0 Å². The van der Waals surface area contributed by atoms with Gasteiger partial charge in [-0.05, 0) is 40.0 Å². The summed E-state index contributed by atoms with van der Waals surface area (Å²) in [5, 5.41) is 3.45. The molecule has 0 radical (unpaired) electrons. The first-order valence-corrected chi connectivity index (χ1v) is 6.78. The molecule has 1 unspecified atom stereocenters. The second kappa shape index (κ2) is 6.12. The fourth-order valence-corrected chi connectivity index (χ4v) is 2.49. The van der Waals surface area contributed by atoms with Crippen molar-refractivity contribution in [3.63, 3.8) is 0 Å². The molecule has 1 aliphatic rings. The zero-order chi connectivity index (χ0) is 13.0. The van der Waals surface area contributed by atoms with Crippen molar-refractivity contribution in [1.82, 2.24) is 5.32 Å². The van der Waals surface area contributed by atoms with Gasteiger partial charge < -0.3 is 14.8 Å². The van der Waals surface area contributed by atoms with E-state index in [1.54, 1.807) is 0 Å². The number of nitrogens with one attached hydrogen (secondary N) is 1. The summed E-state index contributed by atoms with van der Waals surface area (Å²) in [6.07, 6.45) is 7.11. The Bertz CT molecular complexity index is 468. The van der Waals surface area contributed by atoms with Crippen LogP contribution in [0.4, 0.5) is 0 Å². The monoisotopic (exact) mass is 309 g/mol. The van der Waals surface area contributed by atoms with Crippen LogP contribution in [0.15, 0.2) is 16.6 Å². The lowest BCUT2D eigenvalue weighted by molar-refractivity contribution is 0.173. The average Bonchev–Trinajstić information content (AvgIpc) is 2.83. The summed E-state index contributed by atoms with van der Waals surface area (Å²) in [4.78, 5) is 0. The van der Waals surface area contributed by atoms with Gasteiger partial charge in [0.1, 0.15) is 0 Å². The number of benzene rings is 1. The highest BCUT2D eigenvalue weighted by atomic mass is 79.9. The number of fused-ring (bicyclic) bond motifs is 1. The van der Waals surface area contributed by atoms with Crippen molar-refractivity contribution < 1.29 is 9.47 Å². The van der Waals surface area contributed by atoms with Crippen LogP contribution in [-0.4, -0.2) is 12.8 Å². The molecule has 1 aliphatic heterocycles. The highest BCUT2D eigenvalue weighted by Crippen LogP contribution is 2.39. The SMILES string of the molecule is C#CCC(CC)NCc1cc(Br)c2c(c1)OCO2. The molecule has 0 saturated heterocycles. The third-order valence-corrected chi connectivity index (χ3v) is 3.53. The molecule has 0 aromatic heterocycles. The number of rotatable bonds is 5. The van der Waals surface area contributed by atoms with Gasteiger partial charge in [-0.3, -0.25) is 0 Å². The highest BCUT2D eigenvalue weighted by molar-refractivity contribution is 9.10. The van der Waals surface area contributed by atoms with Gasteiger partial charge in [-0.25, -0.2) is 0 Å². The highest BCUT2D eigenvalue weighted by Gasteiger charge is 2.18. The maximum atomic E-state index is 5.39. The lowest BCUT2D eigenvalue weighted by Crippen LogP contribution is -2.27. The molecule has 18 heavy (non-hydrogen) atoms. The van der Waals surface area contributed by atoms with Crippen LogP contribution in [0.25, 0.3) is 0 Å². The Morgan fingerprint density at radius 3 is 3.06 bits per heavy atom. The molecular weight excluding hydrogens is 294 g/mol. The van der Waals surface area contributed by atoms with Gasteiger partial charge >= 0.3 is 0 Å². The smallest absolute Gasteiger partial charge is 0.231 e. The number of hydrogen-bond donors (Lipinski definition) is 1. The number of halogens is 1. The van der Waals surface area contributed by atoms with Crippen molar-refractivity contribution in [3.05, 3.63) is 22.2 Å². The van der Waals surface area contributed by atoms with E-state index in [-0.39, 0.29) is 0 Å². The van der Waals surface area contributed by atoms with Gasteiger partial charge in [0.15, 0.2) is 11.5 Å². The molecule has 0 spiro atoms. The van der Waals surface area contributed by atoms with Crippen LogP contribution in [0.1, 0.15) is 25.3 Å². The largest absolute Gasteiger partial charge is 0.454 e. The third kappa shape index (κ3) is 2.98. The first kappa shape index (κ1) is 13.3. The van der Waals surface area contributed by atoms with E-state index in [0.29, 0.717) is 12.8 Å². The lowest BCUT2D eigenvalue weighted by atomic mass is 10.1. The lowest BCUT2D eigenvalue weighted by Gasteiger charge is -2.14. The second-order valence-corrected chi connectivity index (χ2v) is 5.06. The number of terminal acetylenes is 1. The zero-order valence-electron chi connectivity index (χ0n) is 10.3. The molecule has 0 saturated carbocycles. The minimum Gasteiger partial charge on any atom is -0.454 e. The van der Waals surface area contributed by atoms with E-state index in [2.05, 4.69) is 34.1 Å². The van der Waals surface area contributed by atoms with Gasteiger partial charge in [0.25, 0.3) is 0 Å². The second-order valence-electron chi connectivity index (χ2n) is 4.21. The molecule has 3 nitrogen and oxygen atoms in total. The van der Waals surface area contributed by atoms with Gasteiger partial charge in [0.2, 0.25) is 6.79 Å². The molecule has 0 aliphatic carbocycles. The molecule has 1 heterocycles. The van der Waals surface area contributed by atoms with Gasteiger partial charge in [0, 0.05) is 19.0 Å². The first-order chi connectivity index (χ1) is 8.74. The molecule has 4 heteroatoms. The predicted octanol–water partition coefficient (Wildman–Crippen LogP) is 3.07. The Morgan fingerprint density at radius 2 is 2.33 bits per heavy atom. The average molecular weight is 310 g/mol. The third-order valence-electron chi connectivity index (χ3n) is 2.94. The van der Waals surface area contributed by atoms with Crippen LogP contribution < -0.4 is 14.8 Å². The van der Waals surface area contributed by atoms with Crippen molar-refractivity contribution in [2.75, 3.05) is 6.79 Å². The summed E-state index contributed by atoms with van der Waals surface area (Å²) in [5.74, 6) is 4.28. The molecule has 2 rings (SSSR count). The predicted molar refractivity (Wildman–Crippen MR) is 74.6 cm³/mol. The van der Waals surface area contributed by atoms with Crippen molar-refractivity contribution in [2.45, 2.75) is 32.4 Å². The van der Waals surface area contributed by atoms with Gasteiger partial charge in [0.05, 0.1) is 4.47 Å². The molecular formula is C14H16BrNO2. The molecule has 96 valence electrons. The van der Waals surface area contributed by atoms with Crippen LogP contribution in [-0.2, 0) is 6.54 Å². The van der Waals surface area contributed by atoms with E-state index < -0.39 is 0 Å². The van der Waals surface area contributed by atoms with Crippen LogP contribution in [0, 0.1) is 12.3 Å². The summed E-state index contributed by atoms with van der Waals surface area (Å²) >= 11 is 3.49. The van der Waals surface area contributed by atoms with E-state index in [0.717, 1.165) is 40.9 Å². The van der Waals surface area contributed by atoms with Gasteiger partial charge in [-0.15, -0.1) is 12.3 Å². The minimum absolute atomic E-state index is 0.291. The van der Waals surface area contributed by atoms with E-state index >= 15 is 0 Å². The molecule has 0 fully saturated rings. The fourth-order valence-electron chi connectivity index (χ4n) is 1.89. The van der Waals surface area contributed by atoms with Crippen molar-refractivity contribution in [3.8, 4) is 23.8 Å². The normalized spacial score (nSPS) is 14.3. The van der Waals surface area contributed by atoms with Crippen molar-refractivity contribution >= 4 is 15.9 Å². The van der Waals surface area contributed by atoms with Crippen LogP contribution >= 0.6 is 15.9 Å². The summed E-state index contributed by atoms with van der Waals surface area (Å²) in [6, 6.07) is 4.41. The molecule has 0 amide bonds. The maximum Gasteiger partial charge on any atom is 0.231 e. The zero-order valence-corrected chi connectivity index (χ0v) is 11.9.